The lowest BCUT2D eigenvalue weighted by molar-refractivity contribution is 0.709. The molecule has 1 aliphatic carbocycles. The smallest absolute Gasteiger partial charge is 0.0722 e. The summed E-state index contributed by atoms with van der Waals surface area (Å²) in [6.07, 6.45) is 5.89. The first-order valence-electron chi connectivity index (χ1n) is 6.95. The first kappa shape index (κ1) is 12.7. The molecule has 3 heteroatoms. The van der Waals surface area contributed by atoms with Crippen molar-refractivity contribution < 1.29 is 0 Å². The largest absolute Gasteiger partial charge is 0.378 e. The lowest BCUT2D eigenvalue weighted by atomic mass is 10.0. The molecular weight excluding hydrogens is 256 g/mol. The van der Waals surface area contributed by atoms with Gasteiger partial charge in [0.15, 0.2) is 0 Å². The Morgan fingerprint density at radius 2 is 1.89 bits per heavy atom. The minimum Gasteiger partial charge on any atom is -0.378 e. The fourth-order valence-electron chi connectivity index (χ4n) is 2.81. The third kappa shape index (κ3) is 2.30. The van der Waals surface area contributed by atoms with Gasteiger partial charge in [0, 0.05) is 30.9 Å². The molecular formula is C16H19ClN2. The van der Waals surface area contributed by atoms with Crippen molar-refractivity contribution in [1.29, 1.82) is 0 Å². The molecule has 0 N–H and O–H groups in total. The van der Waals surface area contributed by atoms with Gasteiger partial charge >= 0.3 is 0 Å². The van der Waals surface area contributed by atoms with Crippen molar-refractivity contribution in [2.24, 2.45) is 0 Å². The third-order valence-corrected chi connectivity index (χ3v) is 4.37. The number of fused-ring (bicyclic) bond motifs is 2. The van der Waals surface area contributed by atoms with Crippen molar-refractivity contribution in [3.05, 3.63) is 34.5 Å². The summed E-state index contributed by atoms with van der Waals surface area (Å²) in [6.45, 7) is 0. The molecule has 1 aromatic carbocycles. The molecule has 19 heavy (non-hydrogen) atoms. The number of pyridine rings is 1. The highest BCUT2D eigenvalue weighted by atomic mass is 35.5. The second kappa shape index (κ2) is 5.01. The molecule has 3 rings (SSSR count). The molecule has 1 aromatic heterocycles. The molecule has 1 aliphatic rings. The number of aryl methyl sites for hydroxylation is 1. The molecule has 0 aliphatic heterocycles. The van der Waals surface area contributed by atoms with Crippen LogP contribution in [0.5, 0.6) is 0 Å². The number of rotatable bonds is 1. The summed E-state index contributed by atoms with van der Waals surface area (Å²) in [6, 6.07) is 6.34. The second-order valence-electron chi connectivity index (χ2n) is 5.51. The van der Waals surface area contributed by atoms with Crippen LogP contribution in [0.25, 0.3) is 10.9 Å². The van der Waals surface area contributed by atoms with Crippen LogP contribution in [0, 0.1) is 0 Å². The summed E-state index contributed by atoms with van der Waals surface area (Å²) in [4.78, 5) is 6.93. The lowest BCUT2D eigenvalue weighted by Crippen LogP contribution is -2.08. The second-order valence-corrected chi connectivity index (χ2v) is 5.89. The van der Waals surface area contributed by atoms with E-state index in [1.165, 1.54) is 36.2 Å². The summed E-state index contributed by atoms with van der Waals surface area (Å²) in [7, 11) is 4.10. The maximum Gasteiger partial charge on any atom is 0.0722 e. The summed E-state index contributed by atoms with van der Waals surface area (Å²) >= 11 is 6.65. The van der Waals surface area contributed by atoms with Crippen molar-refractivity contribution in [3.63, 3.8) is 0 Å². The van der Waals surface area contributed by atoms with E-state index in [1.54, 1.807) is 0 Å². The predicted molar refractivity (Wildman–Crippen MR) is 82.3 cm³/mol. The number of hydrogen-bond donors (Lipinski definition) is 0. The van der Waals surface area contributed by atoms with Crippen LogP contribution in [0.4, 0.5) is 5.69 Å². The van der Waals surface area contributed by atoms with Gasteiger partial charge in [0.25, 0.3) is 0 Å². The van der Waals surface area contributed by atoms with Gasteiger partial charge in [-0.3, -0.25) is 4.98 Å². The monoisotopic (exact) mass is 274 g/mol. The quantitative estimate of drug-likeness (QED) is 0.724. The standard InChI is InChI=1S/C16H19ClN2/c1-19(2)11-8-9-15-13(10-11)16(17)12-6-4-3-5-7-14(12)18-15/h8-10H,3-7H2,1-2H3. The summed E-state index contributed by atoms with van der Waals surface area (Å²) in [5.74, 6) is 0. The Kier molecular flexibility index (Phi) is 3.36. The highest BCUT2D eigenvalue weighted by molar-refractivity contribution is 6.36. The van der Waals surface area contributed by atoms with Crippen LogP contribution in [-0.4, -0.2) is 19.1 Å². The highest BCUT2D eigenvalue weighted by Crippen LogP contribution is 2.33. The molecule has 0 spiro atoms. The predicted octanol–water partition coefficient (Wildman–Crippen LogP) is 4.22. The topological polar surface area (TPSA) is 16.1 Å². The van der Waals surface area contributed by atoms with Crippen LogP contribution >= 0.6 is 11.6 Å². The van der Waals surface area contributed by atoms with Crippen molar-refractivity contribution >= 4 is 28.2 Å². The zero-order valence-corrected chi connectivity index (χ0v) is 12.3. The maximum absolute atomic E-state index is 6.65. The normalized spacial score (nSPS) is 15.1. The van der Waals surface area contributed by atoms with E-state index in [4.69, 9.17) is 16.6 Å². The fourth-order valence-corrected chi connectivity index (χ4v) is 3.16. The Hall–Kier alpha value is -1.28. The van der Waals surface area contributed by atoms with Crippen molar-refractivity contribution in [2.75, 3.05) is 19.0 Å². The van der Waals surface area contributed by atoms with Crippen LogP contribution in [0.1, 0.15) is 30.5 Å². The number of aromatic nitrogens is 1. The minimum atomic E-state index is 0.922. The molecule has 2 aromatic rings. The van der Waals surface area contributed by atoms with Crippen LogP contribution in [0.2, 0.25) is 5.02 Å². The van der Waals surface area contributed by atoms with Crippen LogP contribution in [0.15, 0.2) is 18.2 Å². The van der Waals surface area contributed by atoms with Gasteiger partial charge < -0.3 is 4.90 Å². The molecule has 1 heterocycles. The highest BCUT2D eigenvalue weighted by Gasteiger charge is 2.16. The summed E-state index contributed by atoms with van der Waals surface area (Å²) in [5.41, 5.74) is 4.69. The molecule has 0 saturated heterocycles. The number of anilines is 1. The van der Waals surface area contributed by atoms with Gasteiger partial charge in [-0.1, -0.05) is 18.0 Å². The van der Waals surface area contributed by atoms with Crippen molar-refractivity contribution in [1.82, 2.24) is 4.98 Å². The molecule has 0 atom stereocenters. The van der Waals surface area contributed by atoms with E-state index in [0.29, 0.717) is 0 Å². The molecule has 100 valence electrons. The number of hydrogen-bond acceptors (Lipinski definition) is 2. The zero-order valence-electron chi connectivity index (χ0n) is 11.5. The molecule has 0 amide bonds. The average molecular weight is 275 g/mol. The minimum absolute atomic E-state index is 0.922. The Balaban J connectivity index is 2.22. The zero-order chi connectivity index (χ0) is 13.4. The molecule has 0 radical (unpaired) electrons. The van der Waals surface area contributed by atoms with Gasteiger partial charge in [-0.25, -0.2) is 0 Å². The van der Waals surface area contributed by atoms with Gasteiger partial charge in [-0.15, -0.1) is 0 Å². The SMILES string of the molecule is CN(C)c1ccc2nc3c(c(Cl)c2c1)CCCCC3. The molecule has 0 bridgehead atoms. The van der Waals surface area contributed by atoms with Crippen molar-refractivity contribution in [2.45, 2.75) is 32.1 Å². The van der Waals surface area contributed by atoms with E-state index in [9.17, 15) is 0 Å². The van der Waals surface area contributed by atoms with E-state index in [1.807, 2.05) is 14.1 Å². The molecule has 0 saturated carbocycles. The molecule has 0 fully saturated rings. The van der Waals surface area contributed by atoms with Crippen LogP contribution < -0.4 is 4.90 Å². The van der Waals surface area contributed by atoms with Crippen LogP contribution in [0.3, 0.4) is 0 Å². The fraction of sp³-hybridized carbons (Fsp3) is 0.438. The Morgan fingerprint density at radius 3 is 2.68 bits per heavy atom. The van der Waals surface area contributed by atoms with E-state index >= 15 is 0 Å². The van der Waals surface area contributed by atoms with E-state index in [0.717, 1.165) is 28.8 Å². The summed E-state index contributed by atoms with van der Waals surface area (Å²) < 4.78 is 0. The van der Waals surface area contributed by atoms with Gasteiger partial charge in [-0.05, 0) is 49.4 Å². The average Bonchev–Trinajstić information content (AvgIpc) is 2.64. The van der Waals surface area contributed by atoms with Gasteiger partial charge in [0.2, 0.25) is 0 Å². The van der Waals surface area contributed by atoms with Gasteiger partial charge in [0.05, 0.1) is 10.5 Å². The van der Waals surface area contributed by atoms with E-state index in [-0.39, 0.29) is 0 Å². The number of halogens is 1. The van der Waals surface area contributed by atoms with Gasteiger partial charge in [-0.2, -0.15) is 0 Å². The van der Waals surface area contributed by atoms with Crippen LogP contribution in [-0.2, 0) is 12.8 Å². The van der Waals surface area contributed by atoms with E-state index < -0.39 is 0 Å². The third-order valence-electron chi connectivity index (χ3n) is 3.94. The van der Waals surface area contributed by atoms with E-state index in [2.05, 4.69) is 23.1 Å². The Labute approximate surface area is 119 Å². The maximum atomic E-state index is 6.65. The Bertz CT molecular complexity index is 620. The first-order chi connectivity index (χ1) is 9.16. The lowest BCUT2D eigenvalue weighted by Gasteiger charge is -2.15. The van der Waals surface area contributed by atoms with Gasteiger partial charge in [0.1, 0.15) is 0 Å². The van der Waals surface area contributed by atoms with Crippen molar-refractivity contribution in [3.8, 4) is 0 Å². The number of benzene rings is 1. The number of nitrogens with zero attached hydrogens (tertiary/aromatic N) is 2. The Morgan fingerprint density at radius 1 is 1.11 bits per heavy atom. The molecule has 0 unspecified atom stereocenters. The first-order valence-corrected chi connectivity index (χ1v) is 7.33. The summed E-state index contributed by atoms with van der Waals surface area (Å²) in [5, 5.41) is 2.01. The molecule has 2 nitrogen and oxygen atoms in total.